The van der Waals surface area contributed by atoms with Crippen LogP contribution in [0.2, 0.25) is 23.2 Å². The van der Waals surface area contributed by atoms with Gasteiger partial charge in [0.15, 0.2) is 0 Å². The second-order valence-electron chi connectivity index (χ2n) is 3.71. The third-order valence-electron chi connectivity index (χ3n) is 1.62. The first kappa shape index (κ1) is 10.0. The van der Waals surface area contributed by atoms with E-state index in [-0.39, 0.29) is 0 Å². The van der Waals surface area contributed by atoms with E-state index in [0.29, 0.717) is 0 Å². The van der Waals surface area contributed by atoms with Gasteiger partial charge in [0.05, 0.1) is 0 Å². The minimum atomic E-state index is -0.742. The van der Waals surface area contributed by atoms with Crippen LogP contribution in [0.3, 0.4) is 0 Å². The fourth-order valence-corrected chi connectivity index (χ4v) is 2.70. The van der Waals surface area contributed by atoms with Crippen LogP contribution in [-0.4, -0.2) is 30.6 Å². The zero-order valence-corrected chi connectivity index (χ0v) is 10.8. The quantitative estimate of drug-likeness (QED) is 0.673. The summed E-state index contributed by atoms with van der Waals surface area (Å²) >= 11 is 1.76. The molecular formula is C7H17SiSn. The first-order chi connectivity index (χ1) is 3.98. The van der Waals surface area contributed by atoms with Crippen LogP contribution in [0.4, 0.5) is 0 Å². The van der Waals surface area contributed by atoms with Crippen LogP contribution in [0.25, 0.3) is 0 Å². The summed E-state index contributed by atoms with van der Waals surface area (Å²) in [6.45, 7) is 9.71. The molecular weight excluding hydrogens is 231 g/mol. The summed E-state index contributed by atoms with van der Waals surface area (Å²) in [5.41, 5.74) is 0. The van der Waals surface area contributed by atoms with Gasteiger partial charge in [0.25, 0.3) is 0 Å². The third-order valence-corrected chi connectivity index (χ3v) is 12.2. The number of hydrogen-bond acceptors (Lipinski definition) is 0. The molecule has 0 saturated heterocycles. The molecule has 0 aliphatic rings. The molecule has 0 heterocycles. The molecule has 0 aliphatic heterocycles. The Morgan fingerprint density at radius 2 is 1.78 bits per heavy atom. The average Bonchev–Trinajstić information content (AvgIpc) is 1.64. The molecule has 0 bridgehead atoms. The zero-order chi connectivity index (χ0) is 7.49. The van der Waals surface area contributed by atoms with E-state index in [2.05, 4.69) is 26.6 Å². The fourth-order valence-electron chi connectivity index (χ4n) is 0.722. The van der Waals surface area contributed by atoms with Crippen LogP contribution < -0.4 is 0 Å². The Balaban J connectivity index is 3.59. The van der Waals surface area contributed by atoms with Gasteiger partial charge < -0.3 is 0 Å². The first-order valence-corrected chi connectivity index (χ1v) is 8.92. The summed E-state index contributed by atoms with van der Waals surface area (Å²) in [6, 6.07) is 0. The molecule has 0 N–H and O–H groups in total. The van der Waals surface area contributed by atoms with Crippen molar-refractivity contribution in [1.29, 1.82) is 0 Å². The second-order valence-corrected chi connectivity index (χ2v) is 12.8. The van der Waals surface area contributed by atoms with Crippen molar-refractivity contribution in [3.05, 3.63) is 0 Å². The Morgan fingerprint density at radius 3 is 1.89 bits per heavy atom. The van der Waals surface area contributed by atoms with Crippen molar-refractivity contribution in [3.63, 3.8) is 0 Å². The Bertz CT molecular complexity index is 75.5. The molecule has 1 atom stereocenters. The van der Waals surface area contributed by atoms with E-state index in [4.69, 9.17) is 0 Å². The molecule has 2 heteroatoms. The van der Waals surface area contributed by atoms with E-state index >= 15 is 0 Å². The third kappa shape index (κ3) is 4.42. The van der Waals surface area contributed by atoms with Gasteiger partial charge in [-0.2, -0.15) is 0 Å². The van der Waals surface area contributed by atoms with Crippen molar-refractivity contribution < 1.29 is 0 Å². The van der Waals surface area contributed by atoms with E-state index in [1.54, 1.807) is 22.5 Å². The monoisotopic (exact) mass is 249 g/mol. The zero-order valence-electron chi connectivity index (χ0n) is 6.99. The van der Waals surface area contributed by atoms with E-state index in [1.807, 2.05) is 0 Å². The second kappa shape index (κ2) is 4.01. The molecule has 0 aromatic heterocycles. The molecule has 0 aromatic carbocycles. The topological polar surface area (TPSA) is 0 Å². The minimum absolute atomic E-state index is 0.742. The Hall–Kier alpha value is 1.02. The van der Waals surface area contributed by atoms with Crippen LogP contribution >= 0.6 is 0 Å². The summed E-state index contributed by atoms with van der Waals surface area (Å²) in [5.74, 6) is 0. The van der Waals surface area contributed by atoms with Crippen molar-refractivity contribution in [3.8, 4) is 0 Å². The normalized spacial score (nSPS) is 15.7. The molecule has 0 aliphatic carbocycles. The molecule has 0 rings (SSSR count). The summed E-state index contributed by atoms with van der Waals surface area (Å²) in [7, 11) is -0.742. The predicted molar refractivity (Wildman–Crippen MR) is 47.8 cm³/mol. The van der Waals surface area contributed by atoms with Gasteiger partial charge in [0.1, 0.15) is 0 Å². The SMILES string of the molecule is CCC[CH]([Sn])[Si](C)(C)C. The van der Waals surface area contributed by atoms with E-state index in [9.17, 15) is 0 Å². The Kier molecular flexibility index (Phi) is 4.46. The van der Waals surface area contributed by atoms with Crippen molar-refractivity contribution in [2.45, 2.75) is 43.0 Å². The van der Waals surface area contributed by atoms with Crippen molar-refractivity contribution in [2.75, 3.05) is 0 Å². The summed E-state index contributed by atoms with van der Waals surface area (Å²) in [4.78, 5) is 0. The van der Waals surface area contributed by atoms with Crippen LogP contribution in [0.15, 0.2) is 0 Å². The molecule has 53 valence electrons. The average molecular weight is 248 g/mol. The van der Waals surface area contributed by atoms with E-state index in [0.717, 1.165) is 3.56 Å². The van der Waals surface area contributed by atoms with E-state index in [1.165, 1.54) is 12.8 Å². The summed E-state index contributed by atoms with van der Waals surface area (Å²) in [5, 5.41) is 0. The Morgan fingerprint density at radius 1 is 1.33 bits per heavy atom. The fraction of sp³-hybridized carbons (Fsp3) is 1.00. The van der Waals surface area contributed by atoms with Gasteiger partial charge in [0.2, 0.25) is 0 Å². The maximum atomic E-state index is 2.47. The molecule has 0 aromatic rings. The maximum absolute atomic E-state index is 2.47. The van der Waals surface area contributed by atoms with Crippen molar-refractivity contribution in [1.82, 2.24) is 0 Å². The molecule has 0 spiro atoms. The van der Waals surface area contributed by atoms with Gasteiger partial charge in [-0.25, -0.2) is 0 Å². The number of rotatable bonds is 3. The van der Waals surface area contributed by atoms with Gasteiger partial charge in [-0.1, -0.05) is 0 Å². The van der Waals surface area contributed by atoms with Gasteiger partial charge >= 0.3 is 73.6 Å². The molecule has 1 unspecified atom stereocenters. The molecule has 3 radical (unpaired) electrons. The summed E-state index contributed by atoms with van der Waals surface area (Å²) < 4.78 is 1.09. The van der Waals surface area contributed by atoms with Crippen molar-refractivity contribution >= 4 is 30.6 Å². The summed E-state index contributed by atoms with van der Waals surface area (Å²) in [6.07, 6.45) is 2.84. The van der Waals surface area contributed by atoms with Crippen LogP contribution in [0, 0.1) is 0 Å². The molecule has 0 amide bonds. The van der Waals surface area contributed by atoms with Gasteiger partial charge in [-0.05, 0) is 0 Å². The van der Waals surface area contributed by atoms with Crippen LogP contribution in [-0.2, 0) is 0 Å². The van der Waals surface area contributed by atoms with Gasteiger partial charge in [0, 0.05) is 0 Å². The van der Waals surface area contributed by atoms with Crippen molar-refractivity contribution in [2.24, 2.45) is 0 Å². The molecule has 9 heavy (non-hydrogen) atoms. The molecule has 0 nitrogen and oxygen atoms in total. The van der Waals surface area contributed by atoms with Gasteiger partial charge in [-0.15, -0.1) is 0 Å². The molecule has 0 fully saturated rings. The first-order valence-electron chi connectivity index (χ1n) is 3.69. The van der Waals surface area contributed by atoms with E-state index < -0.39 is 8.07 Å². The van der Waals surface area contributed by atoms with Gasteiger partial charge in [-0.3, -0.25) is 0 Å². The Labute approximate surface area is 73.5 Å². The predicted octanol–water partition coefficient (Wildman–Crippen LogP) is 2.62. The van der Waals surface area contributed by atoms with Crippen LogP contribution in [0.5, 0.6) is 0 Å². The standard InChI is InChI=1S/C7H17Si.Sn/c1-5-6-7-8(2,3)4;/h7H,5-6H2,1-4H3;. The number of hydrogen-bond donors (Lipinski definition) is 0. The van der Waals surface area contributed by atoms with Crippen LogP contribution in [0.1, 0.15) is 19.8 Å². The molecule has 0 saturated carbocycles.